The highest BCUT2D eigenvalue weighted by molar-refractivity contribution is 5.72. The first-order chi connectivity index (χ1) is 16.2. The predicted octanol–water partition coefficient (Wildman–Crippen LogP) is 7.86. The predicted molar refractivity (Wildman–Crippen MR) is 86.6 cm³/mol. The van der Waals surface area contributed by atoms with Crippen LogP contribution in [0.1, 0.15) is 25.3 Å². The summed E-state index contributed by atoms with van der Waals surface area (Å²) in [5.74, 6) is -60.6. The van der Waals surface area contributed by atoms with Crippen molar-refractivity contribution in [3.8, 4) is 5.75 Å². The zero-order valence-electron chi connectivity index (χ0n) is 17.5. The topological polar surface area (TPSA) is 26.3 Å². The van der Waals surface area contributed by atoms with E-state index < -0.39 is 71.3 Å². The highest BCUT2D eigenvalue weighted by atomic mass is 19.4. The molecule has 0 radical (unpaired) electrons. The van der Waals surface area contributed by atoms with Crippen molar-refractivity contribution in [2.45, 2.75) is 67.4 Å². The van der Waals surface area contributed by atoms with E-state index in [1.165, 1.54) is 6.92 Å². The normalized spacial score (nSPS) is 15.1. The zero-order valence-corrected chi connectivity index (χ0v) is 17.5. The maximum absolute atomic E-state index is 14.4. The first-order valence-electron chi connectivity index (χ1n) is 9.21. The Bertz CT molecular complexity index is 981. The van der Waals surface area contributed by atoms with Crippen molar-refractivity contribution in [2.75, 3.05) is 0 Å². The fourth-order valence-electron chi connectivity index (χ4n) is 2.53. The summed E-state index contributed by atoms with van der Waals surface area (Å²) in [7, 11) is 0. The molecule has 0 saturated carbocycles. The van der Waals surface area contributed by atoms with Crippen LogP contribution in [0.5, 0.6) is 5.75 Å². The first kappa shape index (κ1) is 32.5. The summed E-state index contributed by atoms with van der Waals surface area (Å²) < 4.78 is 232. The molecule has 0 heterocycles. The maximum atomic E-state index is 14.4. The first-order valence-corrected chi connectivity index (χ1v) is 9.21. The molecule has 0 aliphatic heterocycles. The standard InChI is InChI=1S/C18H11F17O2/c1-2-5-10(36)37-9-7-4-3-6-8(9)11(19,20)12(21,22)13(23,24)14(25,26)15(27,28)16(29,30)17(31,32)18(33,34)35/h3-4,6-7H,2,5H2,1H3. The van der Waals surface area contributed by atoms with Crippen LogP contribution in [0.3, 0.4) is 0 Å². The lowest BCUT2D eigenvalue weighted by molar-refractivity contribution is -0.462. The summed E-state index contributed by atoms with van der Waals surface area (Å²) in [5, 5.41) is 0. The van der Waals surface area contributed by atoms with E-state index in [-0.39, 0.29) is 18.6 Å². The van der Waals surface area contributed by atoms with Crippen molar-refractivity contribution in [3.05, 3.63) is 29.8 Å². The van der Waals surface area contributed by atoms with E-state index in [0.29, 0.717) is 12.1 Å². The van der Waals surface area contributed by atoms with Gasteiger partial charge in [-0.2, -0.15) is 74.6 Å². The lowest BCUT2D eigenvalue weighted by Crippen LogP contribution is -2.74. The number of carbonyl (C=O) groups excluding carboxylic acids is 1. The van der Waals surface area contributed by atoms with E-state index in [2.05, 4.69) is 4.74 Å². The number of hydrogen-bond acceptors (Lipinski definition) is 2. The van der Waals surface area contributed by atoms with Crippen LogP contribution in [-0.4, -0.2) is 47.7 Å². The number of esters is 1. The molecule has 0 N–H and O–H groups in total. The third-order valence-corrected chi connectivity index (χ3v) is 4.63. The van der Waals surface area contributed by atoms with Crippen LogP contribution in [-0.2, 0) is 10.7 Å². The fourth-order valence-corrected chi connectivity index (χ4v) is 2.53. The third kappa shape index (κ3) is 4.66. The molecule has 0 spiro atoms. The molecular formula is C18H11F17O2. The van der Waals surface area contributed by atoms with E-state index in [0.717, 1.165) is 0 Å². The molecule has 0 atom stereocenters. The lowest BCUT2D eigenvalue weighted by Gasteiger charge is -2.42. The average molecular weight is 582 g/mol. The highest BCUT2D eigenvalue weighted by Crippen LogP contribution is 2.65. The second kappa shape index (κ2) is 9.36. The minimum absolute atomic E-state index is 0.0658. The molecule has 0 aromatic heterocycles. The summed E-state index contributed by atoms with van der Waals surface area (Å²) in [4.78, 5) is 11.4. The van der Waals surface area contributed by atoms with Crippen LogP contribution >= 0.6 is 0 Å². The highest BCUT2D eigenvalue weighted by Gasteiger charge is 2.95. The van der Waals surface area contributed by atoms with Gasteiger partial charge >= 0.3 is 53.6 Å². The molecule has 0 aliphatic carbocycles. The van der Waals surface area contributed by atoms with Gasteiger partial charge in [0.15, 0.2) is 0 Å². The van der Waals surface area contributed by atoms with Crippen molar-refractivity contribution in [1.82, 2.24) is 0 Å². The van der Waals surface area contributed by atoms with Gasteiger partial charge < -0.3 is 4.74 Å². The van der Waals surface area contributed by atoms with Gasteiger partial charge in [-0.1, -0.05) is 19.1 Å². The Morgan fingerprint density at radius 1 is 0.622 bits per heavy atom. The van der Waals surface area contributed by atoms with Crippen LogP contribution in [0, 0.1) is 0 Å². The van der Waals surface area contributed by atoms with Gasteiger partial charge in [-0.25, -0.2) is 0 Å². The van der Waals surface area contributed by atoms with Crippen molar-refractivity contribution in [3.63, 3.8) is 0 Å². The van der Waals surface area contributed by atoms with Crippen molar-refractivity contribution >= 4 is 5.97 Å². The average Bonchev–Trinajstić information content (AvgIpc) is 2.72. The minimum atomic E-state index is -8.71. The van der Waals surface area contributed by atoms with Gasteiger partial charge in [-0.3, -0.25) is 4.79 Å². The third-order valence-electron chi connectivity index (χ3n) is 4.63. The summed E-state index contributed by atoms with van der Waals surface area (Å²) in [6.07, 6.45) is -8.50. The molecule has 1 aromatic carbocycles. The van der Waals surface area contributed by atoms with Gasteiger partial charge in [-0.15, -0.1) is 0 Å². The van der Waals surface area contributed by atoms with Gasteiger partial charge in [0.1, 0.15) is 5.75 Å². The van der Waals surface area contributed by atoms with E-state index in [9.17, 15) is 79.4 Å². The van der Waals surface area contributed by atoms with Crippen LogP contribution in [0.15, 0.2) is 24.3 Å². The molecule has 0 saturated heterocycles. The number of hydrogen-bond donors (Lipinski definition) is 0. The molecule has 19 heteroatoms. The molecule has 1 rings (SSSR count). The van der Waals surface area contributed by atoms with E-state index in [1.54, 1.807) is 0 Å². The van der Waals surface area contributed by atoms with Gasteiger partial charge in [-0.05, 0) is 18.6 Å². The molecule has 0 amide bonds. The van der Waals surface area contributed by atoms with Crippen LogP contribution in [0.4, 0.5) is 74.6 Å². The number of alkyl halides is 17. The van der Waals surface area contributed by atoms with E-state index in [4.69, 9.17) is 0 Å². The summed E-state index contributed by atoms with van der Waals surface area (Å²) in [6, 6.07) is 0.934. The molecular weight excluding hydrogens is 571 g/mol. The van der Waals surface area contributed by atoms with Crippen LogP contribution < -0.4 is 4.74 Å². The molecule has 1 aromatic rings. The Labute approximate surface area is 194 Å². The Kier molecular flexibility index (Phi) is 8.22. The SMILES string of the molecule is CCCC(=O)Oc1ccccc1C(F)(F)C(F)(F)C(F)(F)C(F)(F)C(F)(F)C(F)(F)C(F)(F)C(F)(F)F. The van der Waals surface area contributed by atoms with Gasteiger partial charge in [0, 0.05) is 6.42 Å². The summed E-state index contributed by atoms with van der Waals surface area (Å²) in [6.45, 7) is 1.30. The molecule has 0 unspecified atom stereocenters. The zero-order chi connectivity index (χ0) is 29.7. The fraction of sp³-hybridized carbons (Fsp3) is 0.611. The quantitative estimate of drug-likeness (QED) is 0.160. The molecule has 0 aliphatic rings. The number of ether oxygens (including phenoxy) is 1. The molecule has 214 valence electrons. The molecule has 0 bridgehead atoms. The Morgan fingerprint density at radius 2 is 1.00 bits per heavy atom. The molecule has 2 nitrogen and oxygen atoms in total. The van der Waals surface area contributed by atoms with E-state index in [1.807, 2.05) is 0 Å². The van der Waals surface area contributed by atoms with E-state index >= 15 is 0 Å². The summed E-state index contributed by atoms with van der Waals surface area (Å²) in [5.41, 5.74) is -2.56. The second-order valence-corrected chi connectivity index (χ2v) is 7.24. The summed E-state index contributed by atoms with van der Waals surface area (Å²) >= 11 is 0. The maximum Gasteiger partial charge on any atom is 0.460 e. The number of rotatable bonds is 10. The van der Waals surface area contributed by atoms with Crippen molar-refractivity contribution in [2.24, 2.45) is 0 Å². The number of carbonyl (C=O) groups is 1. The van der Waals surface area contributed by atoms with Gasteiger partial charge in [0.2, 0.25) is 0 Å². The van der Waals surface area contributed by atoms with Crippen LogP contribution in [0.2, 0.25) is 0 Å². The minimum Gasteiger partial charge on any atom is -0.426 e. The Hall–Kier alpha value is -2.50. The van der Waals surface area contributed by atoms with Crippen LogP contribution in [0.25, 0.3) is 0 Å². The van der Waals surface area contributed by atoms with Gasteiger partial charge in [0.25, 0.3) is 0 Å². The number of para-hydroxylation sites is 1. The molecule has 0 fully saturated rings. The largest absolute Gasteiger partial charge is 0.460 e. The lowest BCUT2D eigenvalue weighted by atomic mass is 9.87. The molecule has 37 heavy (non-hydrogen) atoms. The van der Waals surface area contributed by atoms with Crippen molar-refractivity contribution in [1.29, 1.82) is 0 Å². The smallest absolute Gasteiger partial charge is 0.426 e. The van der Waals surface area contributed by atoms with Crippen molar-refractivity contribution < 1.29 is 84.2 Å². The monoisotopic (exact) mass is 582 g/mol. The number of benzene rings is 1. The Balaban J connectivity index is 3.75. The van der Waals surface area contributed by atoms with Gasteiger partial charge in [0.05, 0.1) is 5.56 Å². The number of halogens is 17. The second-order valence-electron chi connectivity index (χ2n) is 7.24. The Morgan fingerprint density at radius 3 is 1.41 bits per heavy atom.